The number of fused-ring (bicyclic) bond motifs is 2. The highest BCUT2D eigenvalue weighted by Gasteiger charge is 2.36. The van der Waals surface area contributed by atoms with Crippen LogP contribution in [0.2, 0.25) is 0 Å². The first kappa shape index (κ1) is 17.2. The number of hydrogen-bond donors (Lipinski definition) is 2. The number of carbonyl (C=O) groups is 1. The summed E-state index contributed by atoms with van der Waals surface area (Å²) in [5.41, 5.74) is 0.732. The van der Waals surface area contributed by atoms with Crippen molar-refractivity contribution >= 4 is 39.0 Å². The van der Waals surface area contributed by atoms with E-state index in [2.05, 4.69) is 10.6 Å². The van der Waals surface area contributed by atoms with Gasteiger partial charge < -0.3 is 20.1 Å². The number of benzene rings is 2. The number of rotatable bonds is 2. The minimum atomic E-state index is -3.73. The van der Waals surface area contributed by atoms with E-state index in [4.69, 9.17) is 9.47 Å². The number of amides is 2. The van der Waals surface area contributed by atoms with E-state index in [1.807, 2.05) is 0 Å². The number of halogens is 1. The Labute approximate surface area is 154 Å². The fraction of sp³-hybridized carbons (Fsp3) is 0.188. The van der Waals surface area contributed by atoms with Crippen molar-refractivity contribution in [1.82, 2.24) is 0 Å². The van der Waals surface area contributed by atoms with E-state index in [-0.39, 0.29) is 23.9 Å². The highest BCUT2D eigenvalue weighted by Crippen LogP contribution is 2.41. The molecule has 0 atom stereocenters. The van der Waals surface area contributed by atoms with E-state index in [1.54, 1.807) is 18.2 Å². The maximum atomic E-state index is 14.4. The number of ether oxygens (including phenoxy) is 2. The predicted octanol–water partition coefficient (Wildman–Crippen LogP) is 2.33. The van der Waals surface area contributed by atoms with Crippen LogP contribution in [0.25, 0.3) is 0 Å². The molecule has 2 aromatic rings. The van der Waals surface area contributed by atoms with Crippen LogP contribution < -0.4 is 28.7 Å². The standard InChI is InChI=1S/C16H15FN4O5S/c1-20-12-6-10(17)11(7-13(12)21(2)27(20,23)24)19-16(22)18-9-3-4-14-15(5-9)26-8-25-14/h3-7H,8H2,1-2H3,(H2,18,19,22). The van der Waals surface area contributed by atoms with Gasteiger partial charge in [-0.1, -0.05) is 0 Å². The second kappa shape index (κ2) is 5.91. The molecule has 2 aliphatic rings. The molecule has 0 saturated carbocycles. The zero-order valence-corrected chi connectivity index (χ0v) is 15.1. The van der Waals surface area contributed by atoms with E-state index in [9.17, 15) is 17.6 Å². The Balaban J connectivity index is 1.55. The lowest BCUT2D eigenvalue weighted by atomic mass is 10.2. The van der Waals surface area contributed by atoms with E-state index < -0.39 is 22.1 Å². The molecule has 2 aromatic carbocycles. The van der Waals surface area contributed by atoms with Crippen LogP contribution in [-0.2, 0) is 10.2 Å². The highest BCUT2D eigenvalue weighted by atomic mass is 32.2. The van der Waals surface area contributed by atoms with Crippen molar-refractivity contribution in [1.29, 1.82) is 0 Å². The van der Waals surface area contributed by atoms with Crippen LogP contribution in [0.3, 0.4) is 0 Å². The van der Waals surface area contributed by atoms with Gasteiger partial charge in [0.25, 0.3) is 0 Å². The molecule has 0 aromatic heterocycles. The van der Waals surface area contributed by atoms with Crippen molar-refractivity contribution < 1.29 is 27.1 Å². The van der Waals surface area contributed by atoms with Gasteiger partial charge in [-0.05, 0) is 18.2 Å². The van der Waals surface area contributed by atoms with Gasteiger partial charge in [-0.15, -0.1) is 0 Å². The zero-order valence-electron chi connectivity index (χ0n) is 14.3. The fourth-order valence-electron chi connectivity index (χ4n) is 2.84. The van der Waals surface area contributed by atoms with Gasteiger partial charge in [-0.25, -0.2) is 9.18 Å². The molecule has 0 unspecified atom stereocenters. The number of carbonyl (C=O) groups excluding carboxylic acids is 1. The Morgan fingerprint density at radius 1 is 1.04 bits per heavy atom. The van der Waals surface area contributed by atoms with Crippen LogP contribution in [0.4, 0.5) is 31.9 Å². The molecule has 0 radical (unpaired) electrons. The highest BCUT2D eigenvalue weighted by molar-refractivity contribution is 7.94. The van der Waals surface area contributed by atoms with Gasteiger partial charge in [-0.2, -0.15) is 8.42 Å². The number of urea groups is 1. The number of nitrogens with zero attached hydrogens (tertiary/aromatic N) is 2. The minimum Gasteiger partial charge on any atom is -0.454 e. The molecule has 4 rings (SSSR count). The van der Waals surface area contributed by atoms with Gasteiger partial charge in [0.15, 0.2) is 11.5 Å². The predicted molar refractivity (Wildman–Crippen MR) is 97.3 cm³/mol. The number of nitrogens with one attached hydrogen (secondary N) is 2. The molecule has 0 saturated heterocycles. The largest absolute Gasteiger partial charge is 0.454 e. The third-order valence-corrected chi connectivity index (χ3v) is 6.09. The Morgan fingerprint density at radius 2 is 1.70 bits per heavy atom. The summed E-state index contributed by atoms with van der Waals surface area (Å²) in [7, 11) is -1.05. The summed E-state index contributed by atoms with van der Waals surface area (Å²) in [5, 5.41) is 4.94. The summed E-state index contributed by atoms with van der Waals surface area (Å²) in [6, 6.07) is 6.48. The van der Waals surface area contributed by atoms with E-state index >= 15 is 0 Å². The molecule has 0 bridgehead atoms. The molecule has 9 nitrogen and oxygen atoms in total. The molecule has 2 aliphatic heterocycles. The monoisotopic (exact) mass is 394 g/mol. The van der Waals surface area contributed by atoms with Gasteiger partial charge in [0.1, 0.15) is 5.82 Å². The molecule has 2 amide bonds. The summed E-state index contributed by atoms with van der Waals surface area (Å²) >= 11 is 0. The second-order valence-electron chi connectivity index (χ2n) is 5.91. The lowest BCUT2D eigenvalue weighted by Gasteiger charge is -2.13. The van der Waals surface area contributed by atoms with E-state index in [0.717, 1.165) is 14.7 Å². The number of anilines is 4. The summed E-state index contributed by atoms with van der Waals surface area (Å²) in [6.45, 7) is 0.107. The lowest BCUT2D eigenvalue weighted by molar-refractivity contribution is 0.174. The van der Waals surface area contributed by atoms with Crippen molar-refractivity contribution in [3.63, 3.8) is 0 Å². The maximum Gasteiger partial charge on any atom is 0.326 e. The summed E-state index contributed by atoms with van der Waals surface area (Å²) in [6.07, 6.45) is 0. The quantitative estimate of drug-likeness (QED) is 0.814. The van der Waals surface area contributed by atoms with Crippen molar-refractivity contribution in [3.05, 3.63) is 36.1 Å². The third kappa shape index (κ3) is 2.76. The molecule has 0 fully saturated rings. The Kier molecular flexibility index (Phi) is 3.77. The van der Waals surface area contributed by atoms with E-state index in [0.29, 0.717) is 17.2 Å². The SMILES string of the molecule is CN1c2cc(F)c(NC(=O)Nc3ccc4c(c3)OCO4)cc2N(C)S1(=O)=O. The molecular weight excluding hydrogens is 379 g/mol. The molecule has 0 spiro atoms. The first-order valence-corrected chi connectivity index (χ1v) is 9.21. The van der Waals surface area contributed by atoms with Crippen molar-refractivity contribution in [3.8, 4) is 11.5 Å². The van der Waals surface area contributed by atoms with Crippen LogP contribution in [0, 0.1) is 5.82 Å². The van der Waals surface area contributed by atoms with Crippen LogP contribution >= 0.6 is 0 Å². The molecule has 142 valence electrons. The minimum absolute atomic E-state index is 0.107. The van der Waals surface area contributed by atoms with Crippen molar-refractivity contribution in [2.45, 2.75) is 0 Å². The lowest BCUT2D eigenvalue weighted by Crippen LogP contribution is -2.32. The van der Waals surface area contributed by atoms with Crippen molar-refractivity contribution in [2.24, 2.45) is 0 Å². The molecule has 0 aliphatic carbocycles. The van der Waals surface area contributed by atoms with Gasteiger partial charge in [-0.3, -0.25) is 8.61 Å². The Hall–Kier alpha value is -3.21. The average molecular weight is 394 g/mol. The molecule has 11 heteroatoms. The van der Waals surface area contributed by atoms with Gasteiger partial charge in [0, 0.05) is 31.9 Å². The normalized spacial score (nSPS) is 16.3. The zero-order chi connectivity index (χ0) is 19.3. The summed E-state index contributed by atoms with van der Waals surface area (Å²) < 4.78 is 51.0. The molecule has 27 heavy (non-hydrogen) atoms. The first-order chi connectivity index (χ1) is 12.8. The molecular formula is C16H15FN4O5S. The van der Waals surface area contributed by atoms with Crippen LogP contribution in [0.15, 0.2) is 30.3 Å². The van der Waals surface area contributed by atoms with Crippen LogP contribution in [-0.4, -0.2) is 35.3 Å². The second-order valence-corrected chi connectivity index (χ2v) is 7.90. The van der Waals surface area contributed by atoms with Gasteiger partial charge in [0.05, 0.1) is 17.1 Å². The average Bonchev–Trinajstić information content (AvgIpc) is 3.14. The van der Waals surface area contributed by atoms with Gasteiger partial charge >= 0.3 is 16.2 Å². The van der Waals surface area contributed by atoms with Crippen LogP contribution in [0.1, 0.15) is 0 Å². The Morgan fingerprint density at radius 3 is 2.44 bits per heavy atom. The molecule has 2 heterocycles. The summed E-state index contributed by atoms with van der Waals surface area (Å²) in [4.78, 5) is 12.2. The van der Waals surface area contributed by atoms with Crippen molar-refractivity contribution in [2.75, 3.05) is 40.1 Å². The van der Waals surface area contributed by atoms with Crippen LogP contribution in [0.5, 0.6) is 11.5 Å². The Bertz CT molecular complexity index is 1060. The molecule has 2 N–H and O–H groups in total. The fourth-order valence-corrected chi connectivity index (χ4v) is 4.00. The smallest absolute Gasteiger partial charge is 0.326 e. The van der Waals surface area contributed by atoms with E-state index in [1.165, 1.54) is 20.2 Å². The first-order valence-electron chi connectivity index (χ1n) is 7.81. The number of hydrogen-bond acceptors (Lipinski definition) is 5. The maximum absolute atomic E-state index is 14.4. The van der Waals surface area contributed by atoms with Gasteiger partial charge in [0.2, 0.25) is 6.79 Å². The topological polar surface area (TPSA) is 100 Å². The summed E-state index contributed by atoms with van der Waals surface area (Å²) in [5.74, 6) is 0.303. The third-order valence-electron chi connectivity index (χ3n) is 4.31.